The number of halogens is 1. The van der Waals surface area contributed by atoms with Gasteiger partial charge in [0, 0.05) is 12.4 Å². The average molecular weight is 215 g/mol. The molecule has 0 aromatic carbocycles. The average Bonchev–Trinajstić information content (AvgIpc) is 2.28. The lowest BCUT2D eigenvalue weighted by Crippen LogP contribution is -1.97. The van der Waals surface area contributed by atoms with Gasteiger partial charge in [0.15, 0.2) is 0 Å². The molecule has 0 fully saturated rings. The molecule has 1 rings (SSSR count). The highest BCUT2D eigenvalue weighted by atomic mass is 79.9. The second-order valence-electron chi connectivity index (χ2n) is 2.53. The van der Waals surface area contributed by atoms with Crippen LogP contribution in [0.1, 0.15) is 11.4 Å². The number of alkyl halides is 1. The van der Waals surface area contributed by atoms with Crippen molar-refractivity contribution in [2.75, 3.05) is 5.33 Å². The molecule has 0 spiro atoms. The summed E-state index contributed by atoms with van der Waals surface area (Å²) in [6.45, 7) is 5.89. The van der Waals surface area contributed by atoms with E-state index in [4.69, 9.17) is 0 Å². The Labute approximate surface area is 75.0 Å². The predicted molar refractivity (Wildman–Crippen MR) is 50.8 cm³/mol. The Morgan fingerprint density at radius 3 is 2.82 bits per heavy atom. The van der Waals surface area contributed by atoms with Crippen LogP contribution in [-0.2, 0) is 7.05 Å². The van der Waals surface area contributed by atoms with Crippen molar-refractivity contribution in [3.8, 4) is 0 Å². The third-order valence-corrected chi connectivity index (χ3v) is 2.20. The van der Waals surface area contributed by atoms with E-state index in [0.29, 0.717) is 0 Å². The second-order valence-corrected chi connectivity index (χ2v) is 3.09. The maximum atomic E-state index is 4.22. The third-order valence-electron chi connectivity index (χ3n) is 1.53. The first-order valence-corrected chi connectivity index (χ1v) is 4.52. The summed E-state index contributed by atoms with van der Waals surface area (Å²) in [6.07, 6.45) is 0. The van der Waals surface area contributed by atoms with Crippen molar-refractivity contribution in [2.24, 2.45) is 7.05 Å². The highest BCUT2D eigenvalue weighted by Gasteiger charge is 2.03. The van der Waals surface area contributed by atoms with E-state index in [0.717, 1.165) is 22.3 Å². The van der Waals surface area contributed by atoms with Gasteiger partial charge in [-0.2, -0.15) is 5.10 Å². The van der Waals surface area contributed by atoms with Crippen LogP contribution in [-0.4, -0.2) is 15.1 Å². The van der Waals surface area contributed by atoms with E-state index in [9.17, 15) is 0 Å². The molecule has 0 aliphatic rings. The monoisotopic (exact) mass is 214 g/mol. The van der Waals surface area contributed by atoms with Crippen LogP contribution in [0.2, 0.25) is 0 Å². The zero-order valence-electron chi connectivity index (χ0n) is 6.76. The molecule has 0 atom stereocenters. The van der Waals surface area contributed by atoms with Crippen LogP contribution in [0.5, 0.6) is 0 Å². The number of aryl methyl sites for hydroxylation is 2. The van der Waals surface area contributed by atoms with E-state index in [2.05, 4.69) is 27.6 Å². The SMILES string of the molecule is C=C(CBr)c1cc(C)nn1C. The smallest absolute Gasteiger partial charge is 0.0643 e. The first-order chi connectivity index (χ1) is 5.15. The van der Waals surface area contributed by atoms with Crippen LogP contribution < -0.4 is 0 Å². The normalized spacial score (nSPS) is 10.1. The molecule has 3 heteroatoms. The molecular weight excluding hydrogens is 204 g/mol. The van der Waals surface area contributed by atoms with E-state index in [-0.39, 0.29) is 0 Å². The van der Waals surface area contributed by atoms with Gasteiger partial charge in [-0.3, -0.25) is 4.68 Å². The maximum Gasteiger partial charge on any atom is 0.0643 e. The Morgan fingerprint density at radius 2 is 2.45 bits per heavy atom. The lowest BCUT2D eigenvalue weighted by molar-refractivity contribution is 0.746. The molecule has 0 bridgehead atoms. The number of aromatic nitrogens is 2. The molecule has 2 nitrogen and oxygen atoms in total. The first kappa shape index (κ1) is 8.53. The number of rotatable bonds is 2. The Morgan fingerprint density at radius 1 is 1.82 bits per heavy atom. The van der Waals surface area contributed by atoms with Gasteiger partial charge in [0.1, 0.15) is 0 Å². The Balaban J connectivity index is 3.03. The molecule has 0 N–H and O–H groups in total. The van der Waals surface area contributed by atoms with Crippen molar-refractivity contribution < 1.29 is 0 Å². The number of nitrogens with zero attached hydrogens (tertiary/aromatic N) is 2. The standard InChI is InChI=1S/C8H11BrN2/c1-6(5-9)8-4-7(2)10-11(8)3/h4H,1,5H2,2-3H3. The van der Waals surface area contributed by atoms with Crippen LogP contribution in [0, 0.1) is 6.92 Å². The lowest BCUT2D eigenvalue weighted by Gasteiger charge is -1.99. The van der Waals surface area contributed by atoms with Gasteiger partial charge in [-0.1, -0.05) is 22.5 Å². The van der Waals surface area contributed by atoms with Gasteiger partial charge >= 0.3 is 0 Å². The zero-order chi connectivity index (χ0) is 8.43. The molecule has 1 aromatic heterocycles. The quantitative estimate of drug-likeness (QED) is 0.691. The van der Waals surface area contributed by atoms with Crippen molar-refractivity contribution >= 4 is 21.5 Å². The zero-order valence-corrected chi connectivity index (χ0v) is 8.35. The first-order valence-electron chi connectivity index (χ1n) is 3.40. The van der Waals surface area contributed by atoms with Crippen LogP contribution in [0.25, 0.3) is 5.57 Å². The lowest BCUT2D eigenvalue weighted by atomic mass is 10.2. The van der Waals surface area contributed by atoms with Gasteiger partial charge in [-0.15, -0.1) is 0 Å². The summed E-state index contributed by atoms with van der Waals surface area (Å²) in [7, 11) is 1.93. The second kappa shape index (κ2) is 3.22. The fourth-order valence-electron chi connectivity index (χ4n) is 1.01. The van der Waals surface area contributed by atoms with Gasteiger partial charge in [0.25, 0.3) is 0 Å². The molecule has 0 saturated carbocycles. The molecule has 0 amide bonds. The van der Waals surface area contributed by atoms with E-state index in [1.54, 1.807) is 0 Å². The van der Waals surface area contributed by atoms with Crippen LogP contribution in [0.3, 0.4) is 0 Å². The molecular formula is C8H11BrN2. The number of hydrogen-bond acceptors (Lipinski definition) is 1. The molecule has 1 heterocycles. The van der Waals surface area contributed by atoms with Crippen LogP contribution in [0.4, 0.5) is 0 Å². The molecule has 60 valence electrons. The highest BCUT2D eigenvalue weighted by molar-refractivity contribution is 9.09. The van der Waals surface area contributed by atoms with Gasteiger partial charge < -0.3 is 0 Å². The van der Waals surface area contributed by atoms with Gasteiger partial charge in [-0.05, 0) is 18.6 Å². The highest BCUT2D eigenvalue weighted by Crippen LogP contribution is 2.14. The summed E-state index contributed by atoms with van der Waals surface area (Å²) in [5, 5.41) is 5.01. The number of hydrogen-bond donors (Lipinski definition) is 0. The van der Waals surface area contributed by atoms with Crippen molar-refractivity contribution in [1.82, 2.24) is 9.78 Å². The molecule has 11 heavy (non-hydrogen) atoms. The molecule has 0 unspecified atom stereocenters. The van der Waals surface area contributed by atoms with Crippen LogP contribution in [0.15, 0.2) is 12.6 Å². The minimum atomic E-state index is 0.798. The van der Waals surface area contributed by atoms with Gasteiger partial charge in [-0.25, -0.2) is 0 Å². The van der Waals surface area contributed by atoms with Crippen molar-refractivity contribution in [2.45, 2.75) is 6.92 Å². The van der Waals surface area contributed by atoms with E-state index in [1.807, 2.05) is 24.7 Å². The molecule has 0 aliphatic heterocycles. The summed E-state index contributed by atoms with van der Waals surface area (Å²) in [6, 6.07) is 2.03. The predicted octanol–water partition coefficient (Wildman–Crippen LogP) is 2.14. The largest absolute Gasteiger partial charge is 0.268 e. The third kappa shape index (κ3) is 1.71. The minimum Gasteiger partial charge on any atom is -0.268 e. The van der Waals surface area contributed by atoms with Crippen LogP contribution >= 0.6 is 15.9 Å². The van der Waals surface area contributed by atoms with Crippen molar-refractivity contribution in [1.29, 1.82) is 0 Å². The molecule has 0 aliphatic carbocycles. The van der Waals surface area contributed by atoms with E-state index >= 15 is 0 Å². The fraction of sp³-hybridized carbons (Fsp3) is 0.375. The maximum absolute atomic E-state index is 4.22. The van der Waals surface area contributed by atoms with Gasteiger partial charge in [0.05, 0.1) is 11.4 Å². The van der Waals surface area contributed by atoms with E-state index < -0.39 is 0 Å². The van der Waals surface area contributed by atoms with Gasteiger partial charge in [0.2, 0.25) is 0 Å². The summed E-state index contributed by atoms with van der Waals surface area (Å²) in [4.78, 5) is 0. The summed E-state index contributed by atoms with van der Waals surface area (Å²) >= 11 is 3.35. The topological polar surface area (TPSA) is 17.8 Å². The van der Waals surface area contributed by atoms with Crippen molar-refractivity contribution in [3.05, 3.63) is 24.0 Å². The molecule has 0 radical (unpaired) electrons. The Kier molecular flexibility index (Phi) is 2.49. The van der Waals surface area contributed by atoms with E-state index in [1.165, 1.54) is 0 Å². The van der Waals surface area contributed by atoms with Crippen molar-refractivity contribution in [3.63, 3.8) is 0 Å². The minimum absolute atomic E-state index is 0.798. The Hall–Kier alpha value is -0.570. The Bertz CT molecular complexity index is 276. The summed E-state index contributed by atoms with van der Waals surface area (Å²) < 4.78 is 1.85. The number of allylic oxidation sites excluding steroid dienone is 1. The molecule has 0 saturated heterocycles. The molecule has 1 aromatic rings. The summed E-state index contributed by atoms with van der Waals surface area (Å²) in [5.41, 5.74) is 3.19. The summed E-state index contributed by atoms with van der Waals surface area (Å²) in [5.74, 6) is 0. The fourth-order valence-corrected chi connectivity index (χ4v) is 1.30.